The molecule has 2 fully saturated rings. The van der Waals surface area contributed by atoms with E-state index in [1.165, 1.54) is 30.9 Å². The summed E-state index contributed by atoms with van der Waals surface area (Å²) >= 11 is 1.49. The van der Waals surface area contributed by atoms with E-state index in [-0.39, 0.29) is 35.9 Å². The number of amides is 2. The highest BCUT2D eigenvalue weighted by Crippen LogP contribution is 2.51. The van der Waals surface area contributed by atoms with Gasteiger partial charge in [-0.25, -0.2) is 4.79 Å². The average Bonchev–Trinajstić information content (AvgIpc) is 3.07. The lowest BCUT2D eigenvalue weighted by Crippen LogP contribution is -2.70. The van der Waals surface area contributed by atoms with Crippen LogP contribution in [0.5, 0.6) is 11.5 Å². The smallest absolute Gasteiger partial charge is 0.330 e. The Morgan fingerprint density at radius 2 is 1.74 bits per heavy atom. The number of hydrogen-bond acceptors (Lipinski definition) is 8. The molecule has 1 N–H and O–H groups in total. The van der Waals surface area contributed by atoms with E-state index in [0.29, 0.717) is 18.0 Å². The van der Waals surface area contributed by atoms with E-state index in [4.69, 9.17) is 14.2 Å². The quantitative estimate of drug-likeness (QED) is 0.374. The first kappa shape index (κ1) is 28.1. The Bertz CT molecular complexity index is 888. The van der Waals surface area contributed by atoms with Crippen LogP contribution in [0.2, 0.25) is 0 Å². The van der Waals surface area contributed by atoms with E-state index < -0.39 is 28.7 Å². The normalized spacial score (nSPS) is 22.4. The monoisotopic (exact) mass is 515 g/mol. The number of β-lactam (4-membered cyclic amide) rings is 1. The summed E-state index contributed by atoms with van der Waals surface area (Å²) in [5, 5.41) is 2.45. The molecule has 1 aromatic carbocycles. The van der Waals surface area contributed by atoms with E-state index in [2.05, 4.69) is 24.1 Å². The molecule has 0 aromatic heterocycles. The van der Waals surface area contributed by atoms with Crippen LogP contribution in [0.25, 0.3) is 0 Å². The second kappa shape index (κ2) is 11.5. The predicted molar refractivity (Wildman–Crippen MR) is 133 cm³/mol. The van der Waals surface area contributed by atoms with Gasteiger partial charge >= 0.3 is 5.97 Å². The number of benzene rings is 1. The molecule has 2 aliphatic heterocycles. The summed E-state index contributed by atoms with van der Waals surface area (Å²) in [5.41, 5.74) is 0.225. The van der Waals surface area contributed by atoms with Gasteiger partial charge in [-0.15, -0.1) is 24.2 Å². The largest absolute Gasteiger partial charge is 0.496 e. The van der Waals surface area contributed by atoms with E-state index in [9.17, 15) is 14.4 Å². The first-order valence-electron chi connectivity index (χ1n) is 11.1. The Morgan fingerprint density at radius 3 is 2.26 bits per heavy atom. The summed E-state index contributed by atoms with van der Waals surface area (Å²) in [6, 6.07) is 3.58. The van der Waals surface area contributed by atoms with Gasteiger partial charge in [0, 0.05) is 11.3 Å². The molecule has 2 saturated heterocycles. The Kier molecular flexibility index (Phi) is 9.50. The minimum absolute atomic E-state index is 0. The van der Waals surface area contributed by atoms with Crippen molar-refractivity contribution in [3.05, 3.63) is 23.8 Å². The highest BCUT2D eigenvalue weighted by molar-refractivity contribution is 8.01. The third-order valence-electron chi connectivity index (χ3n) is 6.15. The van der Waals surface area contributed by atoms with Crippen molar-refractivity contribution in [1.82, 2.24) is 15.1 Å². The van der Waals surface area contributed by atoms with E-state index in [1.807, 2.05) is 13.8 Å². The molecule has 0 saturated carbocycles. The summed E-state index contributed by atoms with van der Waals surface area (Å²) < 4.78 is 15.6. The molecule has 2 amide bonds. The molecule has 34 heavy (non-hydrogen) atoms. The van der Waals surface area contributed by atoms with Gasteiger partial charge in [0.2, 0.25) is 5.91 Å². The first-order valence-corrected chi connectivity index (χ1v) is 12.0. The van der Waals surface area contributed by atoms with Crippen LogP contribution in [0.4, 0.5) is 0 Å². The summed E-state index contributed by atoms with van der Waals surface area (Å²) in [4.78, 5) is 42.7. The van der Waals surface area contributed by atoms with Crippen molar-refractivity contribution in [2.45, 2.75) is 49.9 Å². The summed E-state index contributed by atoms with van der Waals surface area (Å²) in [5.74, 6) is -0.474. The number of carbonyl (C=O) groups excluding carboxylic acids is 3. The molecule has 0 unspecified atom stereocenters. The number of rotatable bonds is 10. The lowest BCUT2D eigenvalue weighted by molar-refractivity contribution is -0.163. The van der Waals surface area contributed by atoms with Gasteiger partial charge in [-0.1, -0.05) is 19.9 Å². The van der Waals surface area contributed by atoms with Crippen molar-refractivity contribution in [3.8, 4) is 11.5 Å². The van der Waals surface area contributed by atoms with Crippen LogP contribution < -0.4 is 14.8 Å². The van der Waals surface area contributed by atoms with Gasteiger partial charge in [-0.2, -0.15) is 0 Å². The lowest BCUT2D eigenvalue weighted by Gasteiger charge is -2.44. The number of hydrogen-bond donors (Lipinski definition) is 1. The fourth-order valence-corrected chi connectivity index (χ4v) is 5.93. The Morgan fingerprint density at radius 1 is 1.15 bits per heavy atom. The zero-order valence-electron chi connectivity index (χ0n) is 20.5. The molecule has 9 nitrogen and oxygen atoms in total. The number of thioether (sulfide) groups is 1. The third-order valence-corrected chi connectivity index (χ3v) is 7.72. The molecule has 3 atom stereocenters. The molecule has 190 valence electrons. The van der Waals surface area contributed by atoms with Crippen LogP contribution in [-0.4, -0.2) is 90.2 Å². The number of carbonyl (C=O) groups is 3. The van der Waals surface area contributed by atoms with Gasteiger partial charge in [0.1, 0.15) is 41.1 Å². The zero-order valence-corrected chi connectivity index (χ0v) is 22.1. The molecular formula is C23H34ClN3O6S. The van der Waals surface area contributed by atoms with Gasteiger partial charge in [0.05, 0.1) is 14.2 Å². The molecule has 0 bridgehead atoms. The molecule has 3 rings (SSSR count). The Hall–Kier alpha value is -2.17. The lowest BCUT2D eigenvalue weighted by atomic mass is 9.95. The average molecular weight is 516 g/mol. The highest BCUT2D eigenvalue weighted by atomic mass is 35.5. The molecule has 11 heteroatoms. The maximum Gasteiger partial charge on any atom is 0.330 e. The second-order valence-electron chi connectivity index (χ2n) is 8.44. The number of methoxy groups -OCH3 is 2. The van der Waals surface area contributed by atoms with Crippen LogP contribution in [0.15, 0.2) is 18.2 Å². The fraction of sp³-hybridized carbons (Fsp3) is 0.609. The first-order chi connectivity index (χ1) is 15.7. The fourth-order valence-electron chi connectivity index (χ4n) is 4.31. The van der Waals surface area contributed by atoms with Crippen LogP contribution in [-0.2, 0) is 14.3 Å². The van der Waals surface area contributed by atoms with E-state index in [0.717, 1.165) is 13.1 Å². The Labute approximate surface area is 211 Å². The minimum atomic E-state index is -0.745. The van der Waals surface area contributed by atoms with Gasteiger partial charge in [-0.05, 0) is 39.1 Å². The number of ether oxygens (including phenoxy) is 3. The van der Waals surface area contributed by atoms with Crippen molar-refractivity contribution in [3.63, 3.8) is 0 Å². The summed E-state index contributed by atoms with van der Waals surface area (Å²) in [7, 11) is 2.93. The van der Waals surface area contributed by atoms with Gasteiger partial charge in [0.25, 0.3) is 5.91 Å². The zero-order chi connectivity index (χ0) is 24.3. The number of likely N-dealkylation sites (N-methyl/N-ethyl adjacent to an activating group) is 1. The summed E-state index contributed by atoms with van der Waals surface area (Å²) in [6.07, 6.45) is 0. The van der Waals surface area contributed by atoms with Gasteiger partial charge < -0.3 is 29.3 Å². The SMILES string of the molecule is CCN(CC)CCOC(=O)[C@@H]1N2C(=O)[C@@H](NC(=O)c3c(OC)cccc3OC)[C@H]2SC1(C)C.Cl. The van der Waals surface area contributed by atoms with Gasteiger partial charge in [-0.3, -0.25) is 9.59 Å². The molecule has 0 aliphatic carbocycles. The van der Waals surface area contributed by atoms with E-state index >= 15 is 0 Å². The third kappa shape index (κ3) is 5.23. The highest BCUT2D eigenvalue weighted by Gasteiger charge is 2.64. The van der Waals surface area contributed by atoms with Crippen molar-refractivity contribution < 1.29 is 28.6 Å². The summed E-state index contributed by atoms with van der Waals surface area (Å²) in [6.45, 7) is 10.6. The van der Waals surface area contributed by atoms with Crippen molar-refractivity contribution >= 4 is 42.0 Å². The number of fused-ring (bicyclic) bond motifs is 1. The molecule has 2 heterocycles. The van der Waals surface area contributed by atoms with Gasteiger partial charge in [0.15, 0.2) is 0 Å². The number of halogens is 1. The number of nitrogens with one attached hydrogen (secondary N) is 1. The van der Waals surface area contributed by atoms with E-state index in [1.54, 1.807) is 18.2 Å². The standard InChI is InChI=1S/C23H33N3O6S.ClH/c1-7-25(8-2)12-13-32-22(29)18-23(3,4)33-21-17(20(28)26(18)21)24-19(27)16-14(30-5)10-9-11-15(16)31-6;/h9-11,17-18,21H,7-8,12-13H2,1-6H3,(H,24,27);1H/t17-,18+,21-;/m1./s1. The number of esters is 1. The minimum Gasteiger partial charge on any atom is -0.496 e. The maximum absolute atomic E-state index is 13.0. The van der Waals surface area contributed by atoms with Crippen LogP contribution in [0, 0.1) is 0 Å². The Balaban J connectivity index is 0.00000408. The second-order valence-corrected chi connectivity index (χ2v) is 10.2. The predicted octanol–water partition coefficient (Wildman–Crippen LogP) is 2.17. The van der Waals surface area contributed by atoms with Crippen LogP contribution in [0.1, 0.15) is 38.1 Å². The van der Waals surface area contributed by atoms with Crippen molar-refractivity contribution in [2.24, 2.45) is 0 Å². The topological polar surface area (TPSA) is 97.4 Å². The van der Waals surface area contributed by atoms with Crippen LogP contribution >= 0.6 is 24.2 Å². The molecular weight excluding hydrogens is 482 g/mol. The number of nitrogens with zero attached hydrogens (tertiary/aromatic N) is 2. The van der Waals surface area contributed by atoms with Crippen molar-refractivity contribution in [1.29, 1.82) is 0 Å². The molecule has 0 radical (unpaired) electrons. The molecule has 1 aromatic rings. The van der Waals surface area contributed by atoms with Crippen LogP contribution in [0.3, 0.4) is 0 Å². The maximum atomic E-state index is 13.0. The van der Waals surface area contributed by atoms with Crippen molar-refractivity contribution in [2.75, 3.05) is 40.5 Å². The molecule has 0 spiro atoms. The molecule has 2 aliphatic rings.